The molecule has 0 fully saturated rings. The van der Waals surface area contributed by atoms with Gasteiger partial charge in [0.15, 0.2) is 5.78 Å². The highest BCUT2D eigenvalue weighted by Gasteiger charge is 2.42. The van der Waals surface area contributed by atoms with Crippen LogP contribution in [-0.2, 0) is 16.0 Å². The molecule has 2 aromatic heterocycles. The lowest BCUT2D eigenvalue weighted by atomic mass is 9.74. The second kappa shape index (κ2) is 9.39. The fourth-order valence-electron chi connectivity index (χ4n) is 4.96. The highest BCUT2D eigenvalue weighted by atomic mass is 32.1. The Kier molecular flexibility index (Phi) is 6.32. The molecule has 1 atom stereocenters. The Bertz CT molecular complexity index is 1210. The Labute approximate surface area is 208 Å². The molecule has 0 radical (unpaired) electrons. The van der Waals surface area contributed by atoms with Crippen LogP contribution < -0.4 is 15.5 Å². The molecule has 1 aliphatic carbocycles. The van der Waals surface area contributed by atoms with Gasteiger partial charge in [0, 0.05) is 34.0 Å². The van der Waals surface area contributed by atoms with Gasteiger partial charge in [-0.1, -0.05) is 38.1 Å². The number of hydrogen-bond donors (Lipinski definition) is 2. The van der Waals surface area contributed by atoms with Crippen LogP contribution in [0.25, 0.3) is 0 Å². The number of para-hydroxylation sites is 2. The zero-order valence-corrected chi connectivity index (χ0v) is 21.1. The van der Waals surface area contributed by atoms with Crippen molar-refractivity contribution >= 4 is 45.7 Å². The average molecular weight is 492 g/mol. The fourth-order valence-corrected chi connectivity index (χ4v) is 6.51. The van der Waals surface area contributed by atoms with Crippen LogP contribution in [0.2, 0.25) is 0 Å². The number of carbonyl (C=O) groups is 2. The van der Waals surface area contributed by atoms with Gasteiger partial charge in [-0.2, -0.15) is 0 Å². The van der Waals surface area contributed by atoms with Crippen LogP contribution in [0.3, 0.4) is 0 Å². The molecular formula is C27H29N3O2S2. The Morgan fingerprint density at radius 3 is 2.65 bits per heavy atom. The Morgan fingerprint density at radius 1 is 1.09 bits per heavy atom. The number of nitrogens with one attached hydrogen (secondary N) is 2. The van der Waals surface area contributed by atoms with Crippen molar-refractivity contribution in [3.05, 3.63) is 80.3 Å². The molecule has 0 saturated carbocycles. The molecule has 0 saturated heterocycles. The van der Waals surface area contributed by atoms with E-state index in [4.69, 9.17) is 0 Å². The Morgan fingerprint density at radius 2 is 1.88 bits per heavy atom. The van der Waals surface area contributed by atoms with E-state index in [9.17, 15) is 9.59 Å². The van der Waals surface area contributed by atoms with E-state index in [0.29, 0.717) is 13.0 Å². The molecule has 1 aliphatic heterocycles. The van der Waals surface area contributed by atoms with Gasteiger partial charge in [-0.05, 0) is 53.3 Å². The molecule has 1 amide bonds. The topological polar surface area (TPSA) is 61.4 Å². The van der Waals surface area contributed by atoms with Gasteiger partial charge in [-0.3, -0.25) is 9.59 Å². The SMILES string of the molecule is CC1(C)CC(=O)C2=C(C1)Nc1ccccc1N(CC(=O)NCCc1cccs1)C2c1cccs1. The van der Waals surface area contributed by atoms with Crippen molar-refractivity contribution < 1.29 is 9.59 Å². The molecule has 34 heavy (non-hydrogen) atoms. The summed E-state index contributed by atoms with van der Waals surface area (Å²) in [4.78, 5) is 31.2. The van der Waals surface area contributed by atoms with Gasteiger partial charge >= 0.3 is 0 Å². The molecule has 5 nitrogen and oxygen atoms in total. The van der Waals surface area contributed by atoms with Gasteiger partial charge in [-0.25, -0.2) is 0 Å². The van der Waals surface area contributed by atoms with Crippen LogP contribution in [0, 0.1) is 5.41 Å². The van der Waals surface area contributed by atoms with Gasteiger partial charge in [0.05, 0.1) is 24.0 Å². The maximum atomic E-state index is 13.6. The quantitative estimate of drug-likeness (QED) is 0.459. The molecular weight excluding hydrogens is 462 g/mol. The average Bonchev–Trinajstić information content (AvgIpc) is 3.47. The van der Waals surface area contributed by atoms with Gasteiger partial charge in [0.2, 0.25) is 5.91 Å². The normalized spacial score (nSPS) is 19.2. The van der Waals surface area contributed by atoms with Crippen LogP contribution in [0.15, 0.2) is 70.6 Å². The number of Topliss-reactive ketones (excluding diaryl/α,β-unsaturated/α-hetero) is 1. The minimum absolute atomic E-state index is 0.0412. The summed E-state index contributed by atoms with van der Waals surface area (Å²) < 4.78 is 0. The number of thiophene rings is 2. The second-order valence-electron chi connectivity index (χ2n) is 9.70. The first-order valence-electron chi connectivity index (χ1n) is 11.6. The summed E-state index contributed by atoms with van der Waals surface area (Å²) in [5.74, 6) is 0.119. The minimum atomic E-state index is -0.294. The van der Waals surface area contributed by atoms with Gasteiger partial charge in [-0.15, -0.1) is 22.7 Å². The number of hydrogen-bond acceptors (Lipinski definition) is 6. The van der Waals surface area contributed by atoms with Crippen molar-refractivity contribution in [2.24, 2.45) is 5.41 Å². The number of nitrogens with zero attached hydrogens (tertiary/aromatic N) is 1. The van der Waals surface area contributed by atoms with E-state index in [1.807, 2.05) is 41.8 Å². The molecule has 5 rings (SSSR count). The monoisotopic (exact) mass is 491 g/mol. The van der Waals surface area contributed by atoms with E-state index < -0.39 is 0 Å². The van der Waals surface area contributed by atoms with Crippen LogP contribution >= 0.6 is 22.7 Å². The maximum Gasteiger partial charge on any atom is 0.239 e. The van der Waals surface area contributed by atoms with Crippen molar-refractivity contribution in [2.75, 3.05) is 23.3 Å². The number of anilines is 2. The predicted molar refractivity (Wildman–Crippen MR) is 141 cm³/mol. The van der Waals surface area contributed by atoms with Gasteiger partial charge < -0.3 is 15.5 Å². The number of benzene rings is 1. The third-order valence-corrected chi connectivity index (χ3v) is 8.27. The van der Waals surface area contributed by atoms with Crippen molar-refractivity contribution in [2.45, 2.75) is 39.2 Å². The standard InChI is InChI=1S/C27H29N3O2S2/c1-27(2)15-20-25(22(31)16-27)26(23-10-6-14-34-23)30(21-9-4-3-8-19(21)29-20)17-24(32)28-12-11-18-7-5-13-33-18/h3-10,13-14,26,29H,11-12,15-17H2,1-2H3,(H,28,32). The lowest BCUT2D eigenvalue weighted by Gasteiger charge is -2.37. The van der Waals surface area contributed by atoms with Gasteiger partial charge in [0.1, 0.15) is 0 Å². The van der Waals surface area contributed by atoms with E-state index in [2.05, 4.69) is 46.9 Å². The molecule has 1 unspecified atom stereocenters. The minimum Gasteiger partial charge on any atom is -0.357 e. The Hall–Kier alpha value is -2.90. The third kappa shape index (κ3) is 4.68. The van der Waals surface area contributed by atoms with Crippen LogP contribution in [-0.4, -0.2) is 24.8 Å². The first kappa shape index (κ1) is 22.9. The molecule has 7 heteroatoms. The number of rotatable bonds is 6. The molecule has 176 valence electrons. The summed E-state index contributed by atoms with van der Waals surface area (Å²) in [6.07, 6.45) is 2.12. The smallest absolute Gasteiger partial charge is 0.239 e. The van der Waals surface area contributed by atoms with Crippen LogP contribution in [0.1, 0.15) is 42.5 Å². The number of allylic oxidation sites excluding steroid dienone is 1. The molecule has 3 aromatic rings. The number of amides is 1. The largest absolute Gasteiger partial charge is 0.357 e. The molecule has 0 bridgehead atoms. The van der Waals surface area contributed by atoms with Crippen molar-refractivity contribution in [3.63, 3.8) is 0 Å². The van der Waals surface area contributed by atoms with E-state index in [-0.39, 0.29) is 29.7 Å². The summed E-state index contributed by atoms with van der Waals surface area (Å²) in [5.41, 5.74) is 3.55. The lowest BCUT2D eigenvalue weighted by Crippen LogP contribution is -2.42. The summed E-state index contributed by atoms with van der Waals surface area (Å²) in [6.45, 7) is 5.06. The molecule has 2 aliphatic rings. The first-order valence-corrected chi connectivity index (χ1v) is 13.4. The van der Waals surface area contributed by atoms with E-state index >= 15 is 0 Å². The molecule has 2 N–H and O–H groups in total. The van der Waals surface area contributed by atoms with Gasteiger partial charge in [0.25, 0.3) is 0 Å². The van der Waals surface area contributed by atoms with Crippen molar-refractivity contribution in [3.8, 4) is 0 Å². The fraction of sp³-hybridized carbons (Fsp3) is 0.333. The van der Waals surface area contributed by atoms with Crippen molar-refractivity contribution in [1.82, 2.24) is 5.32 Å². The summed E-state index contributed by atoms with van der Waals surface area (Å²) in [7, 11) is 0. The number of fused-ring (bicyclic) bond motifs is 1. The first-order chi connectivity index (χ1) is 16.4. The van der Waals surface area contributed by atoms with Crippen molar-refractivity contribution in [1.29, 1.82) is 0 Å². The molecule has 1 aromatic carbocycles. The van der Waals surface area contributed by atoms with E-state index in [1.165, 1.54) is 4.88 Å². The lowest BCUT2D eigenvalue weighted by molar-refractivity contribution is -0.120. The molecule has 3 heterocycles. The zero-order chi connectivity index (χ0) is 23.7. The summed E-state index contributed by atoms with van der Waals surface area (Å²) in [5, 5.41) is 10.8. The zero-order valence-electron chi connectivity index (χ0n) is 19.5. The predicted octanol–water partition coefficient (Wildman–Crippen LogP) is 5.78. The highest BCUT2D eigenvalue weighted by Crippen LogP contribution is 2.48. The summed E-state index contributed by atoms with van der Waals surface area (Å²) in [6, 6.07) is 16.0. The Balaban J connectivity index is 1.51. The number of ketones is 1. The highest BCUT2D eigenvalue weighted by molar-refractivity contribution is 7.10. The van der Waals surface area contributed by atoms with E-state index in [0.717, 1.165) is 40.4 Å². The van der Waals surface area contributed by atoms with Crippen LogP contribution in [0.5, 0.6) is 0 Å². The molecule has 0 spiro atoms. The van der Waals surface area contributed by atoms with E-state index in [1.54, 1.807) is 22.7 Å². The summed E-state index contributed by atoms with van der Waals surface area (Å²) >= 11 is 3.33. The maximum absolute atomic E-state index is 13.6. The van der Waals surface area contributed by atoms with Crippen LogP contribution in [0.4, 0.5) is 11.4 Å². The second-order valence-corrected chi connectivity index (χ2v) is 11.7. The third-order valence-electron chi connectivity index (χ3n) is 6.40. The number of carbonyl (C=O) groups excluding carboxylic acids is 2.